The molecule has 1 aromatic rings. The SMILES string of the molecule is COc1cc2c(cc1OC)C1CC(=O)C(CC(C)C)C(O)(O)N1CC2. The van der Waals surface area contributed by atoms with Gasteiger partial charge < -0.3 is 19.7 Å². The molecule has 0 bridgehead atoms. The minimum atomic E-state index is -2.12. The van der Waals surface area contributed by atoms with Gasteiger partial charge in [-0.1, -0.05) is 13.8 Å². The lowest BCUT2D eigenvalue weighted by molar-refractivity contribution is -0.313. The minimum Gasteiger partial charge on any atom is -0.493 e. The van der Waals surface area contributed by atoms with E-state index in [9.17, 15) is 15.0 Å². The number of benzene rings is 1. The van der Waals surface area contributed by atoms with Gasteiger partial charge in [0, 0.05) is 19.0 Å². The van der Waals surface area contributed by atoms with Gasteiger partial charge >= 0.3 is 0 Å². The molecule has 1 fully saturated rings. The number of nitrogens with zero attached hydrogens (tertiary/aromatic N) is 1. The quantitative estimate of drug-likeness (QED) is 0.808. The van der Waals surface area contributed by atoms with Gasteiger partial charge in [0.2, 0.25) is 5.91 Å². The molecule has 1 aromatic carbocycles. The molecule has 0 radical (unpaired) electrons. The van der Waals surface area contributed by atoms with Gasteiger partial charge in [-0.05, 0) is 42.0 Å². The number of aliphatic hydroxyl groups is 2. The first-order valence-corrected chi connectivity index (χ1v) is 8.78. The Balaban J connectivity index is 2.00. The first-order valence-electron chi connectivity index (χ1n) is 8.78. The van der Waals surface area contributed by atoms with E-state index in [0.29, 0.717) is 30.9 Å². The Morgan fingerprint density at radius 1 is 1.24 bits per heavy atom. The third-order valence-corrected chi connectivity index (χ3v) is 5.38. The lowest BCUT2D eigenvalue weighted by atomic mass is 9.77. The summed E-state index contributed by atoms with van der Waals surface area (Å²) in [7, 11) is 3.16. The number of carbonyl (C=O) groups excluding carboxylic acids is 1. The number of fused-ring (bicyclic) bond motifs is 3. The van der Waals surface area contributed by atoms with Crippen LogP contribution in [-0.2, 0) is 11.2 Å². The summed E-state index contributed by atoms with van der Waals surface area (Å²) in [6, 6.07) is 3.43. The molecule has 0 aliphatic carbocycles. The summed E-state index contributed by atoms with van der Waals surface area (Å²) < 4.78 is 10.7. The Hall–Kier alpha value is -1.63. The highest BCUT2D eigenvalue weighted by atomic mass is 16.5. The number of hydrogen-bond donors (Lipinski definition) is 2. The lowest BCUT2D eigenvalue weighted by Gasteiger charge is -2.51. The topological polar surface area (TPSA) is 79.2 Å². The molecule has 2 aliphatic heterocycles. The molecule has 6 heteroatoms. The van der Waals surface area contributed by atoms with Crippen molar-refractivity contribution in [3.8, 4) is 11.5 Å². The van der Waals surface area contributed by atoms with E-state index in [4.69, 9.17) is 9.47 Å². The van der Waals surface area contributed by atoms with Crippen LogP contribution in [0, 0.1) is 11.8 Å². The molecule has 2 atom stereocenters. The van der Waals surface area contributed by atoms with Gasteiger partial charge in [0.15, 0.2) is 11.5 Å². The average molecular weight is 349 g/mol. The van der Waals surface area contributed by atoms with Crippen LogP contribution in [0.5, 0.6) is 11.5 Å². The second-order valence-electron chi connectivity index (χ2n) is 7.41. The van der Waals surface area contributed by atoms with Crippen molar-refractivity contribution in [2.45, 2.75) is 45.1 Å². The summed E-state index contributed by atoms with van der Waals surface area (Å²) in [4.78, 5) is 14.3. The standard InChI is InChI=1S/C19H27NO5/c1-11(2)7-14-16(21)10-15-13-9-18(25-4)17(24-3)8-12(13)5-6-20(15)19(14,22)23/h8-9,11,14-15,22-23H,5-7,10H2,1-4H3. The number of methoxy groups -OCH3 is 2. The first-order chi connectivity index (χ1) is 11.8. The molecular formula is C19H27NO5. The molecule has 1 saturated heterocycles. The van der Waals surface area contributed by atoms with Crippen molar-refractivity contribution < 1.29 is 24.5 Å². The van der Waals surface area contributed by atoms with Crippen molar-refractivity contribution in [1.29, 1.82) is 0 Å². The smallest absolute Gasteiger partial charge is 0.235 e. The maximum Gasteiger partial charge on any atom is 0.235 e. The Kier molecular flexibility index (Phi) is 4.79. The number of carbonyl (C=O) groups is 1. The zero-order valence-electron chi connectivity index (χ0n) is 15.3. The lowest BCUT2D eigenvalue weighted by Crippen LogP contribution is -2.63. The highest BCUT2D eigenvalue weighted by Crippen LogP contribution is 2.47. The van der Waals surface area contributed by atoms with Gasteiger partial charge in [0.05, 0.1) is 20.1 Å². The van der Waals surface area contributed by atoms with E-state index in [1.165, 1.54) is 0 Å². The molecule has 3 rings (SSSR count). The predicted octanol–water partition coefficient (Wildman–Crippen LogP) is 1.88. The summed E-state index contributed by atoms with van der Waals surface area (Å²) in [5, 5.41) is 21.6. The van der Waals surface area contributed by atoms with Crippen LogP contribution in [0.4, 0.5) is 0 Å². The second-order valence-corrected chi connectivity index (χ2v) is 7.41. The monoisotopic (exact) mass is 349 g/mol. The van der Waals surface area contributed by atoms with Crippen LogP contribution in [0.15, 0.2) is 12.1 Å². The van der Waals surface area contributed by atoms with Gasteiger partial charge in [-0.15, -0.1) is 0 Å². The zero-order chi connectivity index (χ0) is 18.4. The van der Waals surface area contributed by atoms with Crippen molar-refractivity contribution in [1.82, 2.24) is 4.90 Å². The van der Waals surface area contributed by atoms with Crippen molar-refractivity contribution in [2.24, 2.45) is 11.8 Å². The fourth-order valence-corrected chi connectivity index (χ4v) is 4.15. The molecule has 0 amide bonds. The van der Waals surface area contributed by atoms with E-state index in [2.05, 4.69) is 0 Å². The summed E-state index contributed by atoms with van der Waals surface area (Å²) in [6.45, 7) is 4.46. The van der Waals surface area contributed by atoms with E-state index < -0.39 is 11.8 Å². The first kappa shape index (κ1) is 18.2. The molecule has 2 N–H and O–H groups in total. The molecule has 2 heterocycles. The molecule has 138 valence electrons. The average Bonchev–Trinajstić information content (AvgIpc) is 2.57. The van der Waals surface area contributed by atoms with E-state index in [1.54, 1.807) is 19.1 Å². The third-order valence-electron chi connectivity index (χ3n) is 5.38. The largest absolute Gasteiger partial charge is 0.493 e. The maximum absolute atomic E-state index is 12.7. The summed E-state index contributed by atoms with van der Waals surface area (Å²) in [5.41, 5.74) is 1.97. The van der Waals surface area contributed by atoms with Crippen LogP contribution in [-0.4, -0.2) is 47.6 Å². The van der Waals surface area contributed by atoms with Crippen LogP contribution in [0.3, 0.4) is 0 Å². The molecule has 0 saturated carbocycles. The van der Waals surface area contributed by atoms with Crippen LogP contribution in [0.1, 0.15) is 43.9 Å². The van der Waals surface area contributed by atoms with Crippen molar-refractivity contribution in [3.05, 3.63) is 23.3 Å². The Morgan fingerprint density at radius 3 is 2.48 bits per heavy atom. The molecule has 6 nitrogen and oxygen atoms in total. The zero-order valence-corrected chi connectivity index (χ0v) is 15.3. The van der Waals surface area contributed by atoms with E-state index in [1.807, 2.05) is 26.0 Å². The Bertz CT molecular complexity index is 670. The van der Waals surface area contributed by atoms with Crippen LogP contribution in [0.25, 0.3) is 0 Å². The fourth-order valence-electron chi connectivity index (χ4n) is 4.15. The minimum absolute atomic E-state index is 0.0948. The highest BCUT2D eigenvalue weighted by molar-refractivity contribution is 5.84. The number of ether oxygens (including phenoxy) is 2. The molecule has 0 aromatic heterocycles. The number of Topliss-reactive ketones (excluding diaryl/α,β-unsaturated/α-hetero) is 1. The fraction of sp³-hybridized carbons (Fsp3) is 0.632. The predicted molar refractivity (Wildman–Crippen MR) is 92.4 cm³/mol. The molecule has 25 heavy (non-hydrogen) atoms. The highest BCUT2D eigenvalue weighted by Gasteiger charge is 2.53. The molecular weight excluding hydrogens is 322 g/mol. The second kappa shape index (κ2) is 6.59. The summed E-state index contributed by atoms with van der Waals surface area (Å²) in [5.74, 6) is -1.54. The van der Waals surface area contributed by atoms with Crippen molar-refractivity contribution in [3.63, 3.8) is 0 Å². The van der Waals surface area contributed by atoms with E-state index in [0.717, 1.165) is 11.1 Å². The van der Waals surface area contributed by atoms with Gasteiger partial charge in [-0.25, -0.2) is 4.90 Å². The Labute approximate surface area is 148 Å². The number of piperidine rings is 1. The molecule has 2 aliphatic rings. The van der Waals surface area contributed by atoms with E-state index in [-0.39, 0.29) is 24.2 Å². The van der Waals surface area contributed by atoms with Gasteiger partial charge in [-0.3, -0.25) is 4.79 Å². The Morgan fingerprint density at radius 2 is 1.88 bits per heavy atom. The van der Waals surface area contributed by atoms with Crippen LogP contribution < -0.4 is 9.47 Å². The van der Waals surface area contributed by atoms with Gasteiger partial charge in [0.25, 0.3) is 0 Å². The van der Waals surface area contributed by atoms with E-state index >= 15 is 0 Å². The van der Waals surface area contributed by atoms with Crippen molar-refractivity contribution in [2.75, 3.05) is 20.8 Å². The molecule has 2 unspecified atom stereocenters. The number of ketones is 1. The normalized spacial score (nSPS) is 25.5. The third kappa shape index (κ3) is 3.03. The van der Waals surface area contributed by atoms with Gasteiger partial charge in [-0.2, -0.15) is 0 Å². The van der Waals surface area contributed by atoms with Gasteiger partial charge in [0.1, 0.15) is 5.78 Å². The summed E-state index contributed by atoms with van der Waals surface area (Å²) >= 11 is 0. The summed E-state index contributed by atoms with van der Waals surface area (Å²) in [6.07, 6.45) is 1.41. The number of hydrogen-bond acceptors (Lipinski definition) is 6. The van der Waals surface area contributed by atoms with Crippen LogP contribution in [0.2, 0.25) is 0 Å². The van der Waals surface area contributed by atoms with Crippen molar-refractivity contribution >= 4 is 5.78 Å². The van der Waals surface area contributed by atoms with Crippen LogP contribution >= 0.6 is 0 Å². The maximum atomic E-state index is 12.7. The molecule has 0 spiro atoms. The number of rotatable bonds is 4.